The third kappa shape index (κ3) is 3.84. The SMILES string of the molecule is Cc1ccccc1[C@@H]1C[C@H](C)N(C[C@@H](C#N)CCC#N)C1. The second-order valence-corrected chi connectivity index (χ2v) is 6.11. The van der Waals surface area contributed by atoms with Gasteiger partial charge < -0.3 is 0 Å². The molecule has 21 heavy (non-hydrogen) atoms. The van der Waals surface area contributed by atoms with E-state index in [9.17, 15) is 5.26 Å². The zero-order valence-corrected chi connectivity index (χ0v) is 12.9. The topological polar surface area (TPSA) is 50.8 Å². The van der Waals surface area contributed by atoms with Gasteiger partial charge in [0, 0.05) is 25.6 Å². The molecule has 1 aliphatic heterocycles. The first-order valence-corrected chi connectivity index (χ1v) is 7.71. The van der Waals surface area contributed by atoms with E-state index in [0.717, 1.165) is 19.5 Å². The van der Waals surface area contributed by atoms with E-state index in [0.29, 0.717) is 24.8 Å². The molecule has 1 saturated heterocycles. The van der Waals surface area contributed by atoms with Crippen LogP contribution in [0.15, 0.2) is 24.3 Å². The Balaban J connectivity index is 2.00. The molecular formula is C18H23N3. The number of nitrogens with zero attached hydrogens (tertiary/aromatic N) is 3. The number of aryl methyl sites for hydroxylation is 1. The molecular weight excluding hydrogens is 258 g/mol. The molecule has 0 saturated carbocycles. The molecule has 1 aliphatic rings. The lowest BCUT2D eigenvalue weighted by molar-refractivity contribution is 0.240. The van der Waals surface area contributed by atoms with Gasteiger partial charge in [0.1, 0.15) is 0 Å². The van der Waals surface area contributed by atoms with E-state index in [1.165, 1.54) is 11.1 Å². The van der Waals surface area contributed by atoms with Crippen molar-refractivity contribution < 1.29 is 0 Å². The molecule has 3 heteroatoms. The lowest BCUT2D eigenvalue weighted by Gasteiger charge is -2.23. The zero-order valence-electron chi connectivity index (χ0n) is 12.9. The van der Waals surface area contributed by atoms with Crippen LogP contribution in [0.4, 0.5) is 0 Å². The minimum absolute atomic E-state index is 0.0253. The van der Waals surface area contributed by atoms with Crippen LogP contribution in [0.5, 0.6) is 0 Å². The van der Waals surface area contributed by atoms with Gasteiger partial charge in [-0.3, -0.25) is 4.90 Å². The standard InChI is InChI=1S/C18H23N3/c1-14-6-3-4-8-18(14)17-10-15(2)21(13-17)12-16(11-20)7-5-9-19/h3-4,6,8,15-17H,5,7,10,12-13H2,1-2H3/t15-,16+,17+/m0/s1. The molecule has 0 radical (unpaired) electrons. The first-order chi connectivity index (χ1) is 10.2. The highest BCUT2D eigenvalue weighted by molar-refractivity contribution is 5.30. The van der Waals surface area contributed by atoms with Crippen molar-refractivity contribution in [1.29, 1.82) is 10.5 Å². The maximum absolute atomic E-state index is 9.24. The molecule has 0 aromatic heterocycles. The van der Waals surface area contributed by atoms with E-state index in [4.69, 9.17) is 5.26 Å². The highest BCUT2D eigenvalue weighted by Gasteiger charge is 2.31. The Morgan fingerprint density at radius 2 is 2.10 bits per heavy atom. The van der Waals surface area contributed by atoms with E-state index >= 15 is 0 Å². The lowest BCUT2D eigenvalue weighted by Crippen LogP contribution is -2.32. The van der Waals surface area contributed by atoms with Crippen LogP contribution in [-0.2, 0) is 0 Å². The third-order valence-electron chi connectivity index (χ3n) is 4.57. The summed E-state index contributed by atoms with van der Waals surface area (Å²) in [4.78, 5) is 2.42. The Morgan fingerprint density at radius 3 is 2.76 bits per heavy atom. The van der Waals surface area contributed by atoms with Crippen LogP contribution >= 0.6 is 0 Å². The van der Waals surface area contributed by atoms with Gasteiger partial charge in [0.2, 0.25) is 0 Å². The first kappa shape index (κ1) is 15.5. The molecule has 3 atom stereocenters. The molecule has 2 rings (SSSR count). The molecule has 0 amide bonds. The number of hydrogen-bond donors (Lipinski definition) is 0. The summed E-state index contributed by atoms with van der Waals surface area (Å²) in [6.07, 6.45) is 2.31. The van der Waals surface area contributed by atoms with Gasteiger partial charge in [-0.1, -0.05) is 24.3 Å². The Hall–Kier alpha value is -1.84. The van der Waals surface area contributed by atoms with Crippen LogP contribution in [0.2, 0.25) is 0 Å². The minimum Gasteiger partial charge on any atom is -0.299 e. The number of rotatable bonds is 5. The molecule has 1 aromatic carbocycles. The summed E-state index contributed by atoms with van der Waals surface area (Å²) in [6.45, 7) is 6.24. The van der Waals surface area contributed by atoms with Crippen molar-refractivity contribution in [2.24, 2.45) is 5.92 Å². The van der Waals surface area contributed by atoms with Crippen molar-refractivity contribution in [3.63, 3.8) is 0 Å². The van der Waals surface area contributed by atoms with Gasteiger partial charge in [0.25, 0.3) is 0 Å². The van der Waals surface area contributed by atoms with Crippen LogP contribution in [0, 0.1) is 35.5 Å². The Labute approximate surface area is 127 Å². The molecule has 0 spiro atoms. The Morgan fingerprint density at radius 1 is 1.33 bits per heavy atom. The molecule has 110 valence electrons. The van der Waals surface area contributed by atoms with Crippen molar-refractivity contribution in [2.45, 2.75) is 45.1 Å². The number of hydrogen-bond acceptors (Lipinski definition) is 3. The minimum atomic E-state index is -0.0253. The van der Waals surface area contributed by atoms with Gasteiger partial charge in [0.05, 0.1) is 18.1 Å². The van der Waals surface area contributed by atoms with Crippen LogP contribution in [0.1, 0.15) is 43.2 Å². The van der Waals surface area contributed by atoms with Crippen molar-refractivity contribution >= 4 is 0 Å². The summed E-state index contributed by atoms with van der Waals surface area (Å²) in [5.41, 5.74) is 2.80. The van der Waals surface area contributed by atoms with Gasteiger partial charge in [-0.05, 0) is 43.7 Å². The Kier molecular flexibility index (Phi) is 5.37. The summed E-state index contributed by atoms with van der Waals surface area (Å²) in [7, 11) is 0. The molecule has 0 bridgehead atoms. The zero-order chi connectivity index (χ0) is 15.2. The summed E-state index contributed by atoms with van der Waals surface area (Å²) < 4.78 is 0. The number of nitriles is 2. The normalized spacial score (nSPS) is 23.4. The Bertz CT molecular complexity index is 552. The van der Waals surface area contributed by atoms with Crippen molar-refractivity contribution in [1.82, 2.24) is 4.90 Å². The first-order valence-electron chi connectivity index (χ1n) is 7.71. The van der Waals surface area contributed by atoms with Crippen molar-refractivity contribution in [3.8, 4) is 12.1 Å². The maximum Gasteiger partial charge on any atom is 0.0669 e. The van der Waals surface area contributed by atoms with Crippen molar-refractivity contribution in [3.05, 3.63) is 35.4 Å². The van der Waals surface area contributed by atoms with Crippen LogP contribution < -0.4 is 0 Å². The van der Waals surface area contributed by atoms with E-state index in [2.05, 4.69) is 55.2 Å². The lowest BCUT2D eigenvalue weighted by atomic mass is 9.93. The predicted octanol–water partition coefficient (Wildman–Crippen LogP) is 3.62. The summed E-state index contributed by atoms with van der Waals surface area (Å²) in [5.74, 6) is 0.541. The molecule has 1 aromatic rings. The largest absolute Gasteiger partial charge is 0.299 e. The fourth-order valence-electron chi connectivity index (χ4n) is 3.34. The summed E-state index contributed by atoms with van der Waals surface area (Å²) in [6, 6.07) is 13.6. The summed E-state index contributed by atoms with van der Waals surface area (Å²) >= 11 is 0. The van der Waals surface area contributed by atoms with Crippen molar-refractivity contribution in [2.75, 3.05) is 13.1 Å². The average Bonchev–Trinajstić information content (AvgIpc) is 2.84. The monoisotopic (exact) mass is 281 g/mol. The molecule has 1 fully saturated rings. The second-order valence-electron chi connectivity index (χ2n) is 6.11. The highest BCUT2D eigenvalue weighted by Crippen LogP contribution is 2.33. The van der Waals surface area contributed by atoms with Crippen LogP contribution in [0.25, 0.3) is 0 Å². The predicted molar refractivity (Wildman–Crippen MR) is 83.5 cm³/mol. The second kappa shape index (κ2) is 7.25. The average molecular weight is 281 g/mol. The highest BCUT2D eigenvalue weighted by atomic mass is 15.2. The van der Waals surface area contributed by atoms with Gasteiger partial charge in [0.15, 0.2) is 0 Å². The number of benzene rings is 1. The van der Waals surface area contributed by atoms with E-state index in [-0.39, 0.29) is 5.92 Å². The quantitative estimate of drug-likeness (QED) is 0.828. The fraction of sp³-hybridized carbons (Fsp3) is 0.556. The molecule has 3 nitrogen and oxygen atoms in total. The number of likely N-dealkylation sites (tertiary alicyclic amines) is 1. The van der Waals surface area contributed by atoms with Crippen LogP contribution in [0.3, 0.4) is 0 Å². The third-order valence-corrected chi connectivity index (χ3v) is 4.57. The van der Waals surface area contributed by atoms with E-state index < -0.39 is 0 Å². The summed E-state index contributed by atoms with van der Waals surface area (Å²) in [5, 5.41) is 17.9. The van der Waals surface area contributed by atoms with E-state index in [1.54, 1.807) is 0 Å². The van der Waals surface area contributed by atoms with Gasteiger partial charge in [-0.2, -0.15) is 10.5 Å². The molecule has 1 heterocycles. The molecule has 0 unspecified atom stereocenters. The van der Waals surface area contributed by atoms with Gasteiger partial charge in [-0.25, -0.2) is 0 Å². The smallest absolute Gasteiger partial charge is 0.0669 e. The molecule has 0 aliphatic carbocycles. The van der Waals surface area contributed by atoms with Gasteiger partial charge in [-0.15, -0.1) is 0 Å². The van der Waals surface area contributed by atoms with Crippen LogP contribution in [-0.4, -0.2) is 24.0 Å². The molecule has 0 N–H and O–H groups in total. The maximum atomic E-state index is 9.24. The van der Waals surface area contributed by atoms with Gasteiger partial charge >= 0.3 is 0 Å². The fourth-order valence-corrected chi connectivity index (χ4v) is 3.34. The van der Waals surface area contributed by atoms with E-state index in [1.807, 2.05) is 0 Å².